The number of anilines is 1. The van der Waals surface area contributed by atoms with E-state index in [1.807, 2.05) is 34.1 Å². The van der Waals surface area contributed by atoms with Crippen LogP contribution in [0.15, 0.2) is 29.3 Å². The van der Waals surface area contributed by atoms with Crippen molar-refractivity contribution in [3.63, 3.8) is 0 Å². The van der Waals surface area contributed by atoms with E-state index in [4.69, 9.17) is 0 Å². The number of carbonyl (C=O) groups is 2. The van der Waals surface area contributed by atoms with Gasteiger partial charge in [-0.3, -0.25) is 9.79 Å². The minimum atomic E-state index is -0.0250. The molecule has 3 N–H and O–H groups in total. The van der Waals surface area contributed by atoms with Gasteiger partial charge in [-0.1, -0.05) is 25.0 Å². The van der Waals surface area contributed by atoms with Crippen LogP contribution in [0.25, 0.3) is 0 Å². The molecule has 32 heavy (non-hydrogen) atoms. The fourth-order valence-electron chi connectivity index (χ4n) is 4.96. The Morgan fingerprint density at radius 3 is 2.56 bits per heavy atom. The van der Waals surface area contributed by atoms with Crippen LogP contribution < -0.4 is 16.0 Å². The summed E-state index contributed by atoms with van der Waals surface area (Å²) < 4.78 is 0. The maximum atomic E-state index is 12.7. The van der Waals surface area contributed by atoms with Crippen LogP contribution in [0.1, 0.15) is 50.5 Å². The third-order valence-electron chi connectivity index (χ3n) is 6.80. The van der Waals surface area contributed by atoms with Gasteiger partial charge in [0.15, 0.2) is 5.96 Å². The van der Waals surface area contributed by atoms with Crippen LogP contribution in [-0.2, 0) is 11.3 Å². The van der Waals surface area contributed by atoms with E-state index in [-0.39, 0.29) is 18.0 Å². The Hall–Kier alpha value is -2.77. The Kier molecular flexibility index (Phi) is 7.50. The van der Waals surface area contributed by atoms with E-state index in [1.54, 1.807) is 7.05 Å². The molecule has 8 nitrogen and oxygen atoms in total. The summed E-state index contributed by atoms with van der Waals surface area (Å²) in [4.78, 5) is 33.2. The smallest absolute Gasteiger partial charge is 0.321 e. The lowest BCUT2D eigenvalue weighted by molar-refractivity contribution is -0.134. The molecule has 0 bridgehead atoms. The highest BCUT2D eigenvalue weighted by molar-refractivity contribution is 5.89. The minimum Gasteiger partial charge on any atom is -0.352 e. The molecule has 4 rings (SSSR count). The maximum Gasteiger partial charge on any atom is 0.321 e. The van der Waals surface area contributed by atoms with Gasteiger partial charge in [-0.15, -0.1) is 0 Å². The molecule has 1 aromatic carbocycles. The molecule has 0 spiro atoms. The summed E-state index contributed by atoms with van der Waals surface area (Å²) >= 11 is 0. The van der Waals surface area contributed by atoms with Crippen molar-refractivity contribution in [1.29, 1.82) is 0 Å². The van der Waals surface area contributed by atoms with Gasteiger partial charge in [0, 0.05) is 57.4 Å². The first-order valence-corrected chi connectivity index (χ1v) is 12.0. The first-order valence-electron chi connectivity index (χ1n) is 12.0. The minimum absolute atomic E-state index is 0.0250. The first kappa shape index (κ1) is 22.4. The van der Waals surface area contributed by atoms with Crippen molar-refractivity contribution in [1.82, 2.24) is 20.4 Å². The number of carbonyl (C=O) groups excluding carboxylic acids is 2. The van der Waals surface area contributed by atoms with Crippen molar-refractivity contribution < 1.29 is 9.59 Å². The number of hydrogen-bond donors (Lipinski definition) is 3. The topological polar surface area (TPSA) is 89.1 Å². The summed E-state index contributed by atoms with van der Waals surface area (Å²) in [6, 6.07) is 8.09. The third kappa shape index (κ3) is 5.72. The van der Waals surface area contributed by atoms with Crippen molar-refractivity contribution in [3.8, 4) is 0 Å². The van der Waals surface area contributed by atoms with Gasteiger partial charge in [-0.05, 0) is 49.8 Å². The van der Waals surface area contributed by atoms with Crippen LogP contribution in [-0.4, -0.2) is 67.0 Å². The zero-order chi connectivity index (χ0) is 22.3. The van der Waals surface area contributed by atoms with E-state index in [9.17, 15) is 9.59 Å². The molecule has 0 aromatic heterocycles. The number of guanidine groups is 1. The third-order valence-corrected chi connectivity index (χ3v) is 6.80. The van der Waals surface area contributed by atoms with Gasteiger partial charge in [-0.25, -0.2) is 4.79 Å². The van der Waals surface area contributed by atoms with Gasteiger partial charge in [0.2, 0.25) is 5.91 Å². The van der Waals surface area contributed by atoms with E-state index in [0.717, 1.165) is 75.5 Å². The molecule has 0 radical (unpaired) electrons. The van der Waals surface area contributed by atoms with E-state index >= 15 is 0 Å². The van der Waals surface area contributed by atoms with Crippen molar-refractivity contribution in [2.45, 2.75) is 57.5 Å². The SMILES string of the molecule is CN=C(NCc1cccc(NC(=O)N2CCCC2)c1)NC1CCN(C(=O)C2CCCC2)C1. The standard InChI is InChI=1S/C24H36N6O2/c1-25-23(27-21-11-14-30(17-21)22(31)19-8-2-3-9-19)26-16-18-7-6-10-20(15-18)28-24(32)29-12-4-5-13-29/h6-7,10,15,19,21H,2-5,8-9,11-14,16-17H2,1H3,(H,28,32)(H2,25,26,27). The van der Waals surface area contributed by atoms with Crippen LogP contribution in [0.2, 0.25) is 0 Å². The molecular weight excluding hydrogens is 404 g/mol. The quantitative estimate of drug-likeness (QED) is 0.485. The highest BCUT2D eigenvalue weighted by atomic mass is 16.2. The Morgan fingerprint density at radius 1 is 1.03 bits per heavy atom. The molecule has 1 atom stereocenters. The maximum absolute atomic E-state index is 12.7. The van der Waals surface area contributed by atoms with Crippen molar-refractivity contribution in [3.05, 3.63) is 29.8 Å². The second-order valence-electron chi connectivity index (χ2n) is 9.15. The fraction of sp³-hybridized carbons (Fsp3) is 0.625. The molecule has 1 saturated carbocycles. The molecule has 8 heteroatoms. The second-order valence-corrected chi connectivity index (χ2v) is 9.15. The van der Waals surface area contributed by atoms with Crippen LogP contribution in [0.3, 0.4) is 0 Å². The van der Waals surface area contributed by atoms with Crippen LogP contribution in [0, 0.1) is 5.92 Å². The highest BCUT2D eigenvalue weighted by Gasteiger charge is 2.32. The van der Waals surface area contributed by atoms with E-state index in [1.165, 1.54) is 12.8 Å². The largest absolute Gasteiger partial charge is 0.352 e. The summed E-state index contributed by atoms with van der Waals surface area (Å²) in [6.07, 6.45) is 7.57. The number of aliphatic imine (C=N–C) groups is 1. The van der Waals surface area contributed by atoms with Crippen molar-refractivity contribution in [2.24, 2.45) is 10.9 Å². The molecule has 2 aliphatic heterocycles. The monoisotopic (exact) mass is 440 g/mol. The number of likely N-dealkylation sites (tertiary alicyclic amines) is 2. The number of urea groups is 1. The Morgan fingerprint density at radius 2 is 1.81 bits per heavy atom. The normalized spacial score (nSPS) is 21.8. The predicted octanol–water partition coefficient (Wildman–Crippen LogP) is 2.77. The zero-order valence-electron chi connectivity index (χ0n) is 19.1. The van der Waals surface area contributed by atoms with Gasteiger partial charge < -0.3 is 25.8 Å². The summed E-state index contributed by atoms with van der Waals surface area (Å²) in [5.74, 6) is 1.31. The van der Waals surface area contributed by atoms with E-state index in [2.05, 4.69) is 20.9 Å². The van der Waals surface area contributed by atoms with Gasteiger partial charge >= 0.3 is 6.03 Å². The van der Waals surface area contributed by atoms with Crippen molar-refractivity contribution in [2.75, 3.05) is 38.5 Å². The molecule has 3 amide bonds. The Balaban J connectivity index is 1.24. The molecule has 1 aromatic rings. The van der Waals surface area contributed by atoms with Crippen LogP contribution >= 0.6 is 0 Å². The average Bonchev–Trinajstić information content (AvgIpc) is 3.58. The fourth-order valence-corrected chi connectivity index (χ4v) is 4.96. The van der Waals surface area contributed by atoms with Gasteiger partial charge in [0.05, 0.1) is 0 Å². The average molecular weight is 441 g/mol. The summed E-state index contributed by atoms with van der Waals surface area (Å²) in [5, 5.41) is 9.82. The first-order chi connectivity index (χ1) is 15.6. The lowest BCUT2D eigenvalue weighted by Crippen LogP contribution is -2.45. The molecular formula is C24H36N6O2. The summed E-state index contributed by atoms with van der Waals surface area (Å²) in [5.41, 5.74) is 1.87. The van der Waals surface area contributed by atoms with Crippen LogP contribution in [0.5, 0.6) is 0 Å². The molecule has 1 unspecified atom stereocenters. The number of rotatable bonds is 5. The van der Waals surface area contributed by atoms with Gasteiger partial charge in [0.25, 0.3) is 0 Å². The molecule has 1 aliphatic carbocycles. The molecule has 174 valence electrons. The van der Waals surface area contributed by atoms with Crippen LogP contribution in [0.4, 0.5) is 10.5 Å². The number of hydrogen-bond acceptors (Lipinski definition) is 3. The highest BCUT2D eigenvalue weighted by Crippen LogP contribution is 2.27. The Bertz CT molecular complexity index is 830. The second kappa shape index (κ2) is 10.7. The zero-order valence-corrected chi connectivity index (χ0v) is 19.1. The van der Waals surface area contributed by atoms with Gasteiger partial charge in [0.1, 0.15) is 0 Å². The summed E-state index contributed by atoms with van der Waals surface area (Å²) in [6.45, 7) is 3.83. The summed E-state index contributed by atoms with van der Waals surface area (Å²) in [7, 11) is 1.76. The van der Waals surface area contributed by atoms with E-state index < -0.39 is 0 Å². The Labute approximate surface area is 190 Å². The molecule has 2 saturated heterocycles. The lowest BCUT2D eigenvalue weighted by atomic mass is 10.1. The predicted molar refractivity (Wildman–Crippen MR) is 127 cm³/mol. The molecule has 3 aliphatic rings. The molecule has 2 heterocycles. The number of nitrogens with one attached hydrogen (secondary N) is 3. The molecule has 3 fully saturated rings. The van der Waals surface area contributed by atoms with Crippen molar-refractivity contribution >= 4 is 23.6 Å². The van der Waals surface area contributed by atoms with Gasteiger partial charge in [-0.2, -0.15) is 0 Å². The van der Waals surface area contributed by atoms with E-state index in [0.29, 0.717) is 12.5 Å². The lowest BCUT2D eigenvalue weighted by Gasteiger charge is -2.21. The number of amides is 3. The number of nitrogens with zero attached hydrogens (tertiary/aromatic N) is 3. The number of benzene rings is 1.